The first-order valence-electron chi connectivity index (χ1n) is 4.61. The summed E-state index contributed by atoms with van der Waals surface area (Å²) in [5.74, 6) is -0.418. The molecule has 0 aliphatic heterocycles. The van der Waals surface area contributed by atoms with Crippen molar-refractivity contribution >= 4 is 23.1 Å². The molecule has 0 aliphatic rings. The summed E-state index contributed by atoms with van der Waals surface area (Å²) in [5.41, 5.74) is 5.41. The first-order valence-corrected chi connectivity index (χ1v) is 5.02. The Hall–Kier alpha value is -0.680. The van der Waals surface area contributed by atoms with Crippen LogP contribution in [0, 0.1) is 5.92 Å². The minimum atomic E-state index is -0.387. The lowest BCUT2D eigenvalue weighted by Gasteiger charge is -2.23. The molecule has 0 aromatic heterocycles. The predicted molar refractivity (Wildman–Crippen MR) is 60.1 cm³/mol. The van der Waals surface area contributed by atoms with Gasteiger partial charge in [0.2, 0.25) is 5.91 Å². The van der Waals surface area contributed by atoms with E-state index in [1.807, 2.05) is 6.92 Å². The van der Waals surface area contributed by atoms with Crippen molar-refractivity contribution in [2.24, 2.45) is 11.7 Å². The van der Waals surface area contributed by atoms with Crippen LogP contribution in [0.15, 0.2) is 0 Å². The molecule has 1 unspecified atom stereocenters. The number of hydrogen-bond donors (Lipinski definition) is 1. The van der Waals surface area contributed by atoms with Gasteiger partial charge in [-0.05, 0) is 13.8 Å². The van der Waals surface area contributed by atoms with Gasteiger partial charge in [0.05, 0.1) is 17.5 Å². The molecule has 2 N–H and O–H groups in total. The van der Waals surface area contributed by atoms with Crippen LogP contribution in [0.5, 0.6) is 0 Å². The smallest absolute Gasteiger partial charge is 0.232 e. The van der Waals surface area contributed by atoms with Gasteiger partial charge in [-0.2, -0.15) is 0 Å². The molecule has 0 aromatic rings. The van der Waals surface area contributed by atoms with Crippen LogP contribution in [0.2, 0.25) is 0 Å². The highest BCUT2D eigenvalue weighted by molar-refractivity contribution is 7.80. The fraction of sp³-hybridized carbons (Fsp3) is 0.778. The van der Waals surface area contributed by atoms with E-state index in [9.17, 15) is 4.79 Å². The quantitative estimate of drug-likeness (QED) is 0.656. The van der Waals surface area contributed by atoms with Crippen LogP contribution in [0.3, 0.4) is 0 Å². The second-order valence-electron chi connectivity index (χ2n) is 3.03. The SMILES string of the molecule is CCN(CCOC)C(=O)C(C)C(N)=S. The number of rotatable bonds is 6. The minimum Gasteiger partial charge on any atom is -0.393 e. The number of nitrogens with zero attached hydrogens (tertiary/aromatic N) is 1. The number of methoxy groups -OCH3 is 1. The van der Waals surface area contributed by atoms with Gasteiger partial charge in [-0.1, -0.05) is 12.2 Å². The second kappa shape index (κ2) is 6.73. The number of nitrogens with two attached hydrogens (primary N) is 1. The van der Waals surface area contributed by atoms with E-state index in [-0.39, 0.29) is 16.8 Å². The van der Waals surface area contributed by atoms with Crippen LogP contribution in [-0.2, 0) is 9.53 Å². The fourth-order valence-electron chi connectivity index (χ4n) is 1.02. The maximum Gasteiger partial charge on any atom is 0.232 e. The number of ether oxygens (including phenoxy) is 1. The summed E-state index contributed by atoms with van der Waals surface area (Å²) in [5, 5.41) is 0. The minimum absolute atomic E-state index is 0.0305. The van der Waals surface area contributed by atoms with Gasteiger partial charge < -0.3 is 15.4 Å². The zero-order valence-electron chi connectivity index (χ0n) is 8.95. The average molecular weight is 218 g/mol. The molecule has 0 rings (SSSR count). The third-order valence-electron chi connectivity index (χ3n) is 2.06. The van der Waals surface area contributed by atoms with Crippen molar-refractivity contribution in [2.75, 3.05) is 26.8 Å². The lowest BCUT2D eigenvalue weighted by atomic mass is 10.1. The Labute approximate surface area is 90.4 Å². The van der Waals surface area contributed by atoms with Crippen molar-refractivity contribution in [1.29, 1.82) is 0 Å². The van der Waals surface area contributed by atoms with Crippen molar-refractivity contribution in [3.63, 3.8) is 0 Å². The van der Waals surface area contributed by atoms with E-state index < -0.39 is 0 Å². The van der Waals surface area contributed by atoms with E-state index >= 15 is 0 Å². The van der Waals surface area contributed by atoms with Crippen molar-refractivity contribution in [1.82, 2.24) is 4.90 Å². The molecule has 0 bridgehead atoms. The average Bonchev–Trinajstić information content (AvgIpc) is 2.17. The summed E-state index contributed by atoms with van der Waals surface area (Å²) in [6, 6.07) is 0. The van der Waals surface area contributed by atoms with E-state index in [0.29, 0.717) is 19.7 Å². The summed E-state index contributed by atoms with van der Waals surface area (Å²) >= 11 is 4.77. The van der Waals surface area contributed by atoms with Gasteiger partial charge in [0.25, 0.3) is 0 Å². The second-order valence-corrected chi connectivity index (χ2v) is 3.51. The Balaban J connectivity index is 4.23. The Morgan fingerprint density at radius 2 is 2.21 bits per heavy atom. The van der Waals surface area contributed by atoms with Crippen LogP contribution in [0.4, 0.5) is 0 Å². The molecule has 0 saturated heterocycles. The van der Waals surface area contributed by atoms with Gasteiger partial charge in [-0.25, -0.2) is 0 Å². The zero-order valence-corrected chi connectivity index (χ0v) is 9.76. The van der Waals surface area contributed by atoms with E-state index in [1.54, 1.807) is 18.9 Å². The van der Waals surface area contributed by atoms with E-state index in [0.717, 1.165) is 0 Å². The topological polar surface area (TPSA) is 55.6 Å². The van der Waals surface area contributed by atoms with Crippen molar-refractivity contribution in [3.8, 4) is 0 Å². The van der Waals surface area contributed by atoms with E-state index in [2.05, 4.69) is 0 Å². The fourth-order valence-corrected chi connectivity index (χ4v) is 1.12. The van der Waals surface area contributed by atoms with Crippen LogP contribution < -0.4 is 5.73 Å². The van der Waals surface area contributed by atoms with Gasteiger partial charge >= 0.3 is 0 Å². The third-order valence-corrected chi connectivity index (χ3v) is 2.41. The summed E-state index contributed by atoms with van der Waals surface area (Å²) in [6.07, 6.45) is 0. The molecule has 0 aromatic carbocycles. The molecule has 0 aliphatic carbocycles. The number of likely N-dealkylation sites (N-methyl/N-ethyl adjacent to an activating group) is 1. The molecule has 0 saturated carbocycles. The predicted octanol–water partition coefficient (Wildman–Crippen LogP) is 0.404. The number of carbonyl (C=O) groups excluding carboxylic acids is 1. The molecule has 1 atom stereocenters. The first-order chi connectivity index (χ1) is 6.54. The molecule has 0 fully saturated rings. The molecule has 82 valence electrons. The van der Waals surface area contributed by atoms with Gasteiger partial charge in [-0.15, -0.1) is 0 Å². The highest BCUT2D eigenvalue weighted by atomic mass is 32.1. The highest BCUT2D eigenvalue weighted by Gasteiger charge is 2.20. The molecule has 4 nitrogen and oxygen atoms in total. The number of hydrogen-bond acceptors (Lipinski definition) is 3. The van der Waals surface area contributed by atoms with Crippen molar-refractivity contribution in [3.05, 3.63) is 0 Å². The molecule has 0 heterocycles. The lowest BCUT2D eigenvalue weighted by Crippen LogP contribution is -2.41. The van der Waals surface area contributed by atoms with Crippen LogP contribution in [-0.4, -0.2) is 42.6 Å². The summed E-state index contributed by atoms with van der Waals surface area (Å²) in [4.78, 5) is 13.7. The van der Waals surface area contributed by atoms with Crippen LogP contribution in [0.25, 0.3) is 0 Å². The normalized spacial score (nSPS) is 12.2. The van der Waals surface area contributed by atoms with E-state index in [4.69, 9.17) is 22.7 Å². The molecule has 0 spiro atoms. The van der Waals surface area contributed by atoms with Gasteiger partial charge in [0, 0.05) is 20.2 Å². The Morgan fingerprint density at radius 3 is 2.57 bits per heavy atom. The molecule has 0 radical (unpaired) electrons. The number of thiocarbonyl (C=S) groups is 1. The highest BCUT2D eigenvalue weighted by Crippen LogP contribution is 2.02. The molecular formula is C9H18N2O2S. The zero-order chi connectivity index (χ0) is 11.1. The Bertz CT molecular complexity index is 209. The van der Waals surface area contributed by atoms with Gasteiger partial charge in [0.15, 0.2) is 0 Å². The molecular weight excluding hydrogens is 200 g/mol. The van der Waals surface area contributed by atoms with Gasteiger partial charge in [0.1, 0.15) is 0 Å². The summed E-state index contributed by atoms with van der Waals surface area (Å²) < 4.78 is 4.91. The van der Waals surface area contributed by atoms with Crippen LogP contribution >= 0.6 is 12.2 Å². The maximum atomic E-state index is 11.7. The first kappa shape index (κ1) is 13.3. The van der Waals surface area contributed by atoms with E-state index in [1.165, 1.54) is 0 Å². The molecule has 1 amide bonds. The van der Waals surface area contributed by atoms with Crippen LogP contribution in [0.1, 0.15) is 13.8 Å². The third kappa shape index (κ3) is 4.02. The summed E-state index contributed by atoms with van der Waals surface area (Å²) in [6.45, 7) is 5.40. The lowest BCUT2D eigenvalue weighted by molar-refractivity contribution is -0.133. The molecule has 5 heteroatoms. The largest absolute Gasteiger partial charge is 0.393 e. The standard InChI is InChI=1S/C9H18N2O2S/c1-4-11(5-6-13-3)9(12)7(2)8(10)14/h7H,4-6H2,1-3H3,(H2,10,14). The Morgan fingerprint density at radius 1 is 1.64 bits per heavy atom. The monoisotopic (exact) mass is 218 g/mol. The van der Waals surface area contributed by atoms with Crippen molar-refractivity contribution < 1.29 is 9.53 Å². The Kier molecular flexibility index (Phi) is 6.40. The van der Waals surface area contributed by atoms with Crippen molar-refractivity contribution in [2.45, 2.75) is 13.8 Å². The summed E-state index contributed by atoms with van der Waals surface area (Å²) in [7, 11) is 1.61. The number of carbonyl (C=O) groups is 1. The maximum absolute atomic E-state index is 11.7. The number of amides is 1. The van der Waals surface area contributed by atoms with Gasteiger partial charge in [-0.3, -0.25) is 4.79 Å². The molecule has 14 heavy (non-hydrogen) atoms.